The van der Waals surface area contributed by atoms with E-state index in [9.17, 15) is 4.39 Å². The van der Waals surface area contributed by atoms with E-state index in [0.29, 0.717) is 13.0 Å². The Morgan fingerprint density at radius 1 is 1.10 bits per heavy atom. The number of benzene rings is 2. The Hall–Kier alpha value is -1.97. The maximum Gasteiger partial charge on any atom is 0.123 e. The van der Waals surface area contributed by atoms with Crippen LogP contribution in [0, 0.1) is 5.82 Å². The number of halogens is 1. The summed E-state index contributed by atoms with van der Waals surface area (Å²) in [5.41, 5.74) is 10.6. The van der Waals surface area contributed by atoms with Crippen LogP contribution in [0.1, 0.15) is 23.5 Å². The molecule has 2 aromatic rings. The van der Waals surface area contributed by atoms with Gasteiger partial charge in [-0.05, 0) is 53.6 Å². The quantitative estimate of drug-likeness (QED) is 0.306. The van der Waals surface area contributed by atoms with E-state index in [0.717, 1.165) is 11.1 Å². The molecule has 5 heteroatoms. The predicted octanol–water partition coefficient (Wildman–Crippen LogP) is 5.38. The maximum absolute atomic E-state index is 13.1. The standard InChI is InChI=1S/C16H16FN3S/c1-21-15-8-4-13(5-9-15)16(10-11-19-20-18)12-2-6-14(17)7-3-12/h2-9,16H,10-11H2,1H3/t16-/m0/s1. The van der Waals surface area contributed by atoms with Crippen LogP contribution in [0.15, 0.2) is 58.5 Å². The smallest absolute Gasteiger partial charge is 0.123 e. The van der Waals surface area contributed by atoms with E-state index >= 15 is 0 Å². The van der Waals surface area contributed by atoms with Crippen molar-refractivity contribution in [3.8, 4) is 0 Å². The van der Waals surface area contributed by atoms with E-state index in [1.165, 1.54) is 17.0 Å². The van der Waals surface area contributed by atoms with Crippen LogP contribution in [0.3, 0.4) is 0 Å². The lowest BCUT2D eigenvalue weighted by Gasteiger charge is -2.17. The van der Waals surface area contributed by atoms with Crippen molar-refractivity contribution in [3.05, 3.63) is 75.9 Å². The Morgan fingerprint density at radius 2 is 1.67 bits per heavy atom. The highest BCUT2D eigenvalue weighted by Gasteiger charge is 2.13. The molecule has 0 aliphatic rings. The van der Waals surface area contributed by atoms with Crippen molar-refractivity contribution in [2.75, 3.05) is 12.8 Å². The van der Waals surface area contributed by atoms with Gasteiger partial charge in [0, 0.05) is 22.3 Å². The van der Waals surface area contributed by atoms with Crippen LogP contribution in [0.4, 0.5) is 4.39 Å². The number of nitrogens with zero attached hydrogens (tertiary/aromatic N) is 3. The molecule has 0 unspecified atom stereocenters. The van der Waals surface area contributed by atoms with Gasteiger partial charge in [-0.1, -0.05) is 29.4 Å². The van der Waals surface area contributed by atoms with Gasteiger partial charge in [0.2, 0.25) is 0 Å². The molecular weight excluding hydrogens is 285 g/mol. The Morgan fingerprint density at radius 3 is 2.19 bits per heavy atom. The highest BCUT2D eigenvalue weighted by molar-refractivity contribution is 7.98. The summed E-state index contributed by atoms with van der Waals surface area (Å²) >= 11 is 1.69. The molecule has 21 heavy (non-hydrogen) atoms. The topological polar surface area (TPSA) is 48.8 Å². The fourth-order valence-corrected chi connectivity index (χ4v) is 2.70. The van der Waals surface area contributed by atoms with Gasteiger partial charge in [-0.2, -0.15) is 0 Å². The molecule has 0 heterocycles. The van der Waals surface area contributed by atoms with Gasteiger partial charge in [0.25, 0.3) is 0 Å². The van der Waals surface area contributed by atoms with Crippen LogP contribution in [-0.4, -0.2) is 12.8 Å². The van der Waals surface area contributed by atoms with E-state index in [-0.39, 0.29) is 11.7 Å². The molecular formula is C16H16FN3S. The molecule has 0 aromatic heterocycles. The molecule has 0 saturated carbocycles. The fourth-order valence-electron chi connectivity index (χ4n) is 2.29. The first-order valence-corrected chi connectivity index (χ1v) is 7.87. The minimum Gasteiger partial charge on any atom is -0.207 e. The second-order valence-electron chi connectivity index (χ2n) is 4.62. The zero-order valence-electron chi connectivity index (χ0n) is 11.7. The largest absolute Gasteiger partial charge is 0.207 e. The minimum absolute atomic E-state index is 0.104. The van der Waals surface area contributed by atoms with E-state index in [2.05, 4.69) is 34.3 Å². The summed E-state index contributed by atoms with van der Waals surface area (Å²) in [4.78, 5) is 4.00. The number of hydrogen-bond acceptors (Lipinski definition) is 2. The summed E-state index contributed by atoms with van der Waals surface area (Å²) in [6, 6.07) is 14.8. The molecule has 0 N–H and O–H groups in total. The first-order chi connectivity index (χ1) is 10.2. The van der Waals surface area contributed by atoms with Crippen LogP contribution in [0.25, 0.3) is 10.4 Å². The van der Waals surface area contributed by atoms with Crippen LogP contribution in [-0.2, 0) is 0 Å². The Balaban J connectivity index is 2.29. The molecule has 0 fully saturated rings. The van der Waals surface area contributed by atoms with Gasteiger partial charge in [0.1, 0.15) is 5.82 Å². The third kappa shape index (κ3) is 4.25. The SMILES string of the molecule is CSc1ccc([C@@H](CCN=[N+]=[N-])c2ccc(F)cc2)cc1. The number of hydrogen-bond donors (Lipinski definition) is 0. The summed E-state index contributed by atoms with van der Waals surface area (Å²) in [6.07, 6.45) is 2.74. The van der Waals surface area contributed by atoms with Crippen LogP contribution >= 0.6 is 11.8 Å². The summed E-state index contributed by atoms with van der Waals surface area (Å²) in [7, 11) is 0. The summed E-state index contributed by atoms with van der Waals surface area (Å²) in [5, 5.41) is 3.62. The first-order valence-electron chi connectivity index (χ1n) is 6.65. The highest BCUT2D eigenvalue weighted by Crippen LogP contribution is 2.29. The van der Waals surface area contributed by atoms with Gasteiger partial charge < -0.3 is 0 Å². The summed E-state index contributed by atoms with van der Waals surface area (Å²) < 4.78 is 13.1. The second-order valence-corrected chi connectivity index (χ2v) is 5.50. The average Bonchev–Trinajstić information content (AvgIpc) is 2.53. The monoisotopic (exact) mass is 301 g/mol. The Bertz CT molecular complexity index is 619. The third-order valence-corrected chi connectivity index (χ3v) is 4.12. The molecule has 0 amide bonds. The molecule has 0 radical (unpaired) electrons. The number of thioether (sulfide) groups is 1. The molecule has 2 rings (SSSR count). The third-order valence-electron chi connectivity index (χ3n) is 3.37. The molecule has 3 nitrogen and oxygen atoms in total. The number of azide groups is 1. The molecule has 0 saturated heterocycles. The summed E-state index contributed by atoms with van der Waals surface area (Å²) in [5.74, 6) is -0.141. The predicted molar refractivity (Wildman–Crippen MR) is 85.1 cm³/mol. The second kappa shape index (κ2) is 7.72. The lowest BCUT2D eigenvalue weighted by molar-refractivity contribution is 0.625. The average molecular weight is 301 g/mol. The van der Waals surface area contributed by atoms with E-state index in [4.69, 9.17) is 5.53 Å². The molecule has 2 aromatic carbocycles. The molecule has 1 atom stereocenters. The van der Waals surface area contributed by atoms with Crippen molar-refractivity contribution in [1.82, 2.24) is 0 Å². The van der Waals surface area contributed by atoms with Crippen molar-refractivity contribution in [2.45, 2.75) is 17.2 Å². The van der Waals surface area contributed by atoms with Crippen molar-refractivity contribution < 1.29 is 4.39 Å². The molecule has 0 aliphatic carbocycles. The Labute approximate surface area is 127 Å². The fraction of sp³-hybridized carbons (Fsp3) is 0.250. The van der Waals surface area contributed by atoms with Gasteiger partial charge in [0.15, 0.2) is 0 Å². The minimum atomic E-state index is -0.245. The van der Waals surface area contributed by atoms with Crippen LogP contribution in [0.5, 0.6) is 0 Å². The van der Waals surface area contributed by atoms with Crippen LogP contribution < -0.4 is 0 Å². The molecule has 0 aliphatic heterocycles. The van der Waals surface area contributed by atoms with Gasteiger partial charge >= 0.3 is 0 Å². The molecule has 0 spiro atoms. The van der Waals surface area contributed by atoms with E-state index < -0.39 is 0 Å². The summed E-state index contributed by atoms with van der Waals surface area (Å²) in [6.45, 7) is 0.419. The van der Waals surface area contributed by atoms with Crippen LogP contribution in [0.2, 0.25) is 0 Å². The van der Waals surface area contributed by atoms with Crippen molar-refractivity contribution in [2.24, 2.45) is 5.11 Å². The van der Waals surface area contributed by atoms with Crippen molar-refractivity contribution in [3.63, 3.8) is 0 Å². The van der Waals surface area contributed by atoms with Crippen molar-refractivity contribution in [1.29, 1.82) is 0 Å². The lowest BCUT2D eigenvalue weighted by Crippen LogP contribution is -2.03. The number of rotatable bonds is 6. The van der Waals surface area contributed by atoms with Gasteiger partial charge in [-0.3, -0.25) is 0 Å². The molecule has 0 bridgehead atoms. The van der Waals surface area contributed by atoms with Crippen molar-refractivity contribution >= 4 is 11.8 Å². The van der Waals surface area contributed by atoms with Gasteiger partial charge in [-0.25, -0.2) is 4.39 Å². The van der Waals surface area contributed by atoms with E-state index in [1.807, 2.05) is 6.26 Å². The van der Waals surface area contributed by atoms with Gasteiger partial charge in [0.05, 0.1) is 0 Å². The lowest BCUT2D eigenvalue weighted by atomic mass is 9.88. The van der Waals surface area contributed by atoms with Gasteiger partial charge in [-0.15, -0.1) is 11.8 Å². The zero-order chi connectivity index (χ0) is 15.1. The van der Waals surface area contributed by atoms with E-state index in [1.54, 1.807) is 23.9 Å². The zero-order valence-corrected chi connectivity index (χ0v) is 12.6. The highest BCUT2D eigenvalue weighted by atomic mass is 32.2. The maximum atomic E-state index is 13.1. The normalized spacial score (nSPS) is 11.7. The Kier molecular flexibility index (Phi) is 5.67. The molecule has 108 valence electrons. The first kappa shape index (κ1) is 15.4.